The van der Waals surface area contributed by atoms with Crippen molar-refractivity contribution >= 4 is 0 Å². The monoisotopic (exact) mass is 172 g/mol. The Morgan fingerprint density at radius 2 is 1.92 bits per heavy atom. The lowest BCUT2D eigenvalue weighted by molar-refractivity contribution is -0.137. The second kappa shape index (κ2) is 3.17. The van der Waals surface area contributed by atoms with Gasteiger partial charge in [-0.3, -0.25) is 0 Å². The zero-order valence-corrected chi connectivity index (χ0v) is 6.23. The van der Waals surface area contributed by atoms with E-state index in [2.05, 4.69) is 0 Å². The molecule has 0 saturated carbocycles. The van der Waals surface area contributed by atoms with Crippen molar-refractivity contribution in [2.24, 2.45) is 0 Å². The molecule has 0 unspecified atom stereocenters. The molecule has 0 nitrogen and oxygen atoms in total. The van der Waals surface area contributed by atoms with Gasteiger partial charge in [0.1, 0.15) is 0 Å². The molecular weight excluding hydrogens is 165 g/mol. The van der Waals surface area contributed by atoms with Crippen LogP contribution in [0.25, 0.3) is 0 Å². The van der Waals surface area contributed by atoms with Crippen molar-refractivity contribution in [1.82, 2.24) is 0 Å². The number of hydrogen-bond donors (Lipinski definition) is 0. The van der Waals surface area contributed by atoms with Crippen LogP contribution >= 0.6 is 0 Å². The third-order valence-electron chi connectivity index (χ3n) is 1.49. The fourth-order valence-corrected chi connectivity index (χ4v) is 0.875. The maximum atomic E-state index is 12.1. The van der Waals surface area contributed by atoms with Crippen molar-refractivity contribution in [2.45, 2.75) is 12.6 Å². The van der Waals surface area contributed by atoms with Crippen molar-refractivity contribution in [3.05, 3.63) is 42.3 Å². The lowest BCUT2D eigenvalue weighted by Gasteiger charge is -2.06. The summed E-state index contributed by atoms with van der Waals surface area (Å²) in [6.45, 7) is 5.19. The first kappa shape index (κ1) is 9.10. The summed E-state index contributed by atoms with van der Waals surface area (Å²) in [6, 6.07) is 5.00. The van der Waals surface area contributed by atoms with Crippen LogP contribution in [0.1, 0.15) is 11.1 Å². The predicted molar refractivity (Wildman–Crippen MR) is 39.4 cm³/mol. The van der Waals surface area contributed by atoms with E-state index in [1.165, 1.54) is 6.07 Å². The SMILES string of the molecule is [CH]Cc1cccc(C(F)(F)F)c1. The van der Waals surface area contributed by atoms with E-state index in [1.54, 1.807) is 6.07 Å². The largest absolute Gasteiger partial charge is 0.416 e. The zero-order valence-electron chi connectivity index (χ0n) is 6.23. The third kappa shape index (κ3) is 2.00. The predicted octanol–water partition coefficient (Wildman–Crippen LogP) is 2.96. The molecule has 0 spiro atoms. The highest BCUT2D eigenvalue weighted by Gasteiger charge is 2.30. The van der Waals surface area contributed by atoms with Crippen LogP contribution < -0.4 is 0 Å². The molecule has 0 aliphatic heterocycles. The Kier molecular flexibility index (Phi) is 2.40. The lowest BCUT2D eigenvalue weighted by Crippen LogP contribution is -2.04. The van der Waals surface area contributed by atoms with Gasteiger partial charge < -0.3 is 0 Å². The minimum Gasteiger partial charge on any atom is -0.166 e. The number of hydrogen-bond acceptors (Lipinski definition) is 0. The standard InChI is InChI=1S/C9H7F3/c1-2-7-4-3-5-8(6-7)9(10,11)12/h1,3-6H,2H2. The molecule has 1 rings (SSSR count). The van der Waals surface area contributed by atoms with Gasteiger partial charge in [-0.25, -0.2) is 0 Å². The van der Waals surface area contributed by atoms with E-state index in [1.807, 2.05) is 0 Å². The van der Waals surface area contributed by atoms with Crippen molar-refractivity contribution in [2.75, 3.05) is 0 Å². The summed E-state index contributed by atoms with van der Waals surface area (Å²) >= 11 is 0. The first-order chi connectivity index (χ1) is 5.54. The molecule has 0 saturated heterocycles. The second-order valence-corrected chi connectivity index (χ2v) is 2.40. The van der Waals surface area contributed by atoms with Crippen molar-refractivity contribution in [1.29, 1.82) is 0 Å². The number of benzene rings is 1. The highest BCUT2D eigenvalue weighted by Crippen LogP contribution is 2.29. The van der Waals surface area contributed by atoms with Crippen LogP contribution in [-0.2, 0) is 12.6 Å². The highest BCUT2D eigenvalue weighted by molar-refractivity contribution is 5.25. The summed E-state index contributed by atoms with van der Waals surface area (Å²) in [7, 11) is 0. The molecule has 1 aromatic carbocycles. The van der Waals surface area contributed by atoms with E-state index >= 15 is 0 Å². The van der Waals surface area contributed by atoms with Crippen molar-refractivity contribution in [3.8, 4) is 0 Å². The van der Waals surface area contributed by atoms with Crippen LogP contribution in [0, 0.1) is 6.92 Å². The van der Waals surface area contributed by atoms with E-state index in [-0.39, 0.29) is 6.42 Å². The highest BCUT2D eigenvalue weighted by atomic mass is 19.4. The summed E-state index contributed by atoms with van der Waals surface area (Å²) < 4.78 is 36.2. The van der Waals surface area contributed by atoms with Crippen LogP contribution in [0.2, 0.25) is 0 Å². The Bertz CT molecular complexity index is 263. The van der Waals surface area contributed by atoms with Crippen LogP contribution in [-0.4, -0.2) is 0 Å². The summed E-state index contributed by atoms with van der Waals surface area (Å²) in [5.41, 5.74) is -0.157. The van der Waals surface area contributed by atoms with Gasteiger partial charge in [0, 0.05) is 0 Å². The average Bonchev–Trinajstić information content (AvgIpc) is 2.03. The van der Waals surface area contributed by atoms with Gasteiger partial charge in [-0.05, 0) is 25.0 Å². The molecule has 0 fully saturated rings. The van der Waals surface area contributed by atoms with Crippen molar-refractivity contribution < 1.29 is 13.2 Å². The van der Waals surface area contributed by atoms with Gasteiger partial charge in [-0.15, -0.1) is 0 Å². The van der Waals surface area contributed by atoms with Crippen molar-refractivity contribution in [3.63, 3.8) is 0 Å². The Morgan fingerprint density at radius 1 is 1.25 bits per heavy atom. The van der Waals surface area contributed by atoms with Crippen LogP contribution in [0.3, 0.4) is 0 Å². The fraction of sp³-hybridized carbons (Fsp3) is 0.222. The van der Waals surface area contributed by atoms with Gasteiger partial charge in [0.05, 0.1) is 5.56 Å². The van der Waals surface area contributed by atoms with E-state index in [4.69, 9.17) is 6.92 Å². The summed E-state index contributed by atoms with van der Waals surface area (Å²) in [5.74, 6) is 0. The van der Waals surface area contributed by atoms with Gasteiger partial charge in [-0.1, -0.05) is 18.2 Å². The molecule has 0 aliphatic carbocycles. The Hall–Kier alpha value is -0.990. The van der Waals surface area contributed by atoms with Gasteiger partial charge in [0.2, 0.25) is 0 Å². The van der Waals surface area contributed by atoms with E-state index in [0.717, 1.165) is 12.1 Å². The molecule has 0 aromatic heterocycles. The molecule has 3 heteroatoms. The summed E-state index contributed by atoms with van der Waals surface area (Å²) in [5, 5.41) is 0. The molecule has 64 valence electrons. The molecular formula is C9H7F3. The molecule has 0 atom stereocenters. The maximum absolute atomic E-state index is 12.1. The molecule has 1 aromatic rings. The Balaban J connectivity index is 3.02. The van der Waals surface area contributed by atoms with Crippen LogP contribution in [0.4, 0.5) is 13.2 Å². The maximum Gasteiger partial charge on any atom is 0.416 e. The lowest BCUT2D eigenvalue weighted by atomic mass is 10.1. The van der Waals surface area contributed by atoms with Gasteiger partial charge in [-0.2, -0.15) is 13.2 Å². The van der Waals surface area contributed by atoms with E-state index in [0.29, 0.717) is 5.56 Å². The first-order valence-corrected chi connectivity index (χ1v) is 3.40. The van der Waals surface area contributed by atoms with Crippen LogP contribution in [0.15, 0.2) is 24.3 Å². The summed E-state index contributed by atoms with van der Waals surface area (Å²) in [4.78, 5) is 0. The minimum atomic E-state index is -4.27. The van der Waals surface area contributed by atoms with Gasteiger partial charge in [0.15, 0.2) is 0 Å². The van der Waals surface area contributed by atoms with Gasteiger partial charge in [0.25, 0.3) is 0 Å². The minimum absolute atomic E-state index is 0.129. The molecule has 0 N–H and O–H groups in total. The molecule has 0 aliphatic rings. The zero-order chi connectivity index (χ0) is 9.19. The number of rotatable bonds is 1. The van der Waals surface area contributed by atoms with Crippen LogP contribution in [0.5, 0.6) is 0 Å². The third-order valence-corrected chi connectivity index (χ3v) is 1.49. The summed E-state index contributed by atoms with van der Waals surface area (Å²) in [6.07, 6.45) is -4.14. The quantitative estimate of drug-likeness (QED) is 0.610. The molecule has 0 heterocycles. The molecule has 0 amide bonds. The topological polar surface area (TPSA) is 0 Å². The number of alkyl halides is 3. The molecule has 0 bridgehead atoms. The molecule has 2 radical (unpaired) electrons. The second-order valence-electron chi connectivity index (χ2n) is 2.40. The fourth-order valence-electron chi connectivity index (χ4n) is 0.875. The first-order valence-electron chi connectivity index (χ1n) is 3.40. The number of halogens is 3. The van der Waals surface area contributed by atoms with Gasteiger partial charge >= 0.3 is 6.18 Å². The average molecular weight is 172 g/mol. The Morgan fingerprint density at radius 3 is 2.42 bits per heavy atom. The van der Waals surface area contributed by atoms with E-state index < -0.39 is 11.7 Å². The smallest absolute Gasteiger partial charge is 0.166 e. The normalized spacial score (nSPS) is 11.7. The van der Waals surface area contributed by atoms with E-state index in [9.17, 15) is 13.2 Å². The Labute approximate surface area is 69.0 Å². The molecule has 12 heavy (non-hydrogen) atoms.